The summed E-state index contributed by atoms with van der Waals surface area (Å²) in [5, 5.41) is 7.12. The second-order valence-electron chi connectivity index (χ2n) is 2.89. The maximum atomic E-state index is 10.6. The Morgan fingerprint density at radius 3 is 2.07 bits per heavy atom. The first-order valence-electron chi connectivity index (χ1n) is 3.90. The lowest BCUT2D eigenvalue weighted by Gasteiger charge is -1.95. The maximum absolute atomic E-state index is 10.6. The largest absolute Gasteiger partial charge is 0.490 e. The number of esters is 1. The van der Waals surface area contributed by atoms with E-state index in [2.05, 4.69) is 0 Å². The highest BCUT2D eigenvalue weighted by atomic mass is 19.4. The number of aliphatic carboxylic acids is 1. The van der Waals surface area contributed by atoms with E-state index in [9.17, 15) is 18.0 Å². The molecule has 0 spiro atoms. The molecule has 1 aliphatic rings. The third-order valence-electron chi connectivity index (χ3n) is 1.45. The van der Waals surface area contributed by atoms with Crippen LogP contribution in [0.2, 0.25) is 0 Å². The van der Waals surface area contributed by atoms with Crippen molar-refractivity contribution >= 4 is 11.9 Å². The Bertz CT molecular complexity index is 253. The van der Waals surface area contributed by atoms with E-state index in [1.165, 1.54) is 0 Å². The molecule has 1 fully saturated rings. The molecule has 3 N–H and O–H groups in total. The van der Waals surface area contributed by atoms with Gasteiger partial charge < -0.3 is 15.6 Å². The van der Waals surface area contributed by atoms with E-state index in [0.29, 0.717) is 6.42 Å². The number of hydrogen-bond donors (Lipinski definition) is 2. The van der Waals surface area contributed by atoms with Crippen molar-refractivity contribution in [1.82, 2.24) is 0 Å². The molecule has 0 aliphatic carbocycles. The van der Waals surface area contributed by atoms with Gasteiger partial charge in [-0.05, 0) is 6.92 Å². The molecule has 1 rings (SSSR count). The first kappa shape index (κ1) is 13.7. The standard InChI is InChI=1S/C5H9NO2.C2HF3O2/c1-3-2-4(6)5(7)8-3;3-2(4,5)1(6)7/h3-4H,2,6H2,1H3;(H,6,7)/t3-,4-;/m0./s1. The van der Waals surface area contributed by atoms with E-state index in [1.54, 1.807) is 0 Å². The van der Waals surface area contributed by atoms with Crippen molar-refractivity contribution in [1.29, 1.82) is 0 Å². The van der Waals surface area contributed by atoms with Crippen molar-refractivity contribution in [3.8, 4) is 0 Å². The topological polar surface area (TPSA) is 89.6 Å². The quantitative estimate of drug-likeness (QED) is 0.582. The predicted octanol–water partition coefficient (Wildman–Crippen LogP) is 0.282. The summed E-state index contributed by atoms with van der Waals surface area (Å²) in [6.07, 6.45) is -4.39. The number of nitrogens with two attached hydrogens (primary N) is 1. The number of carboxylic acids is 1. The molecule has 15 heavy (non-hydrogen) atoms. The van der Waals surface area contributed by atoms with Gasteiger partial charge in [0.05, 0.1) is 0 Å². The number of carbonyl (C=O) groups is 2. The molecule has 2 atom stereocenters. The molecule has 0 bridgehead atoms. The summed E-state index contributed by atoms with van der Waals surface area (Å²) >= 11 is 0. The highest BCUT2D eigenvalue weighted by molar-refractivity contribution is 5.77. The van der Waals surface area contributed by atoms with Gasteiger partial charge in [0.2, 0.25) is 0 Å². The lowest BCUT2D eigenvalue weighted by Crippen LogP contribution is -2.24. The summed E-state index contributed by atoms with van der Waals surface area (Å²) in [4.78, 5) is 19.3. The second-order valence-corrected chi connectivity index (χ2v) is 2.89. The molecule has 1 heterocycles. The Balaban J connectivity index is 0.000000265. The number of ether oxygens (including phenoxy) is 1. The van der Waals surface area contributed by atoms with E-state index in [1.807, 2.05) is 6.92 Å². The van der Waals surface area contributed by atoms with E-state index >= 15 is 0 Å². The number of carbonyl (C=O) groups excluding carboxylic acids is 1. The molecule has 0 saturated carbocycles. The van der Waals surface area contributed by atoms with Crippen molar-refractivity contribution in [2.75, 3.05) is 0 Å². The second kappa shape index (κ2) is 4.96. The molecule has 0 unspecified atom stereocenters. The first-order valence-corrected chi connectivity index (χ1v) is 3.90. The summed E-state index contributed by atoms with van der Waals surface area (Å²) in [6.45, 7) is 1.84. The number of hydrogen-bond acceptors (Lipinski definition) is 4. The van der Waals surface area contributed by atoms with Gasteiger partial charge in [-0.3, -0.25) is 4.79 Å². The fraction of sp³-hybridized carbons (Fsp3) is 0.714. The average molecular weight is 229 g/mol. The first-order chi connectivity index (χ1) is 6.64. The van der Waals surface area contributed by atoms with Gasteiger partial charge in [-0.1, -0.05) is 0 Å². The molecule has 0 aromatic carbocycles. The van der Waals surface area contributed by atoms with Crippen LogP contribution >= 0.6 is 0 Å². The van der Waals surface area contributed by atoms with Crippen molar-refractivity contribution in [3.63, 3.8) is 0 Å². The molecule has 1 saturated heterocycles. The van der Waals surface area contributed by atoms with E-state index in [-0.39, 0.29) is 18.1 Å². The fourth-order valence-electron chi connectivity index (χ4n) is 0.788. The summed E-state index contributed by atoms with van der Waals surface area (Å²) in [5.41, 5.74) is 5.29. The molecular formula is C7H10F3NO4. The smallest absolute Gasteiger partial charge is 0.475 e. The van der Waals surface area contributed by atoms with Gasteiger partial charge in [0.1, 0.15) is 12.1 Å². The van der Waals surface area contributed by atoms with Gasteiger partial charge in [-0.2, -0.15) is 13.2 Å². The van der Waals surface area contributed by atoms with Crippen LogP contribution in [0.15, 0.2) is 0 Å². The van der Waals surface area contributed by atoms with Crippen LogP contribution in [0.4, 0.5) is 13.2 Å². The number of carboxylic acid groups (broad SMARTS) is 1. The third-order valence-corrected chi connectivity index (χ3v) is 1.45. The van der Waals surface area contributed by atoms with E-state index < -0.39 is 12.1 Å². The lowest BCUT2D eigenvalue weighted by atomic mass is 10.2. The Morgan fingerprint density at radius 2 is 2.00 bits per heavy atom. The van der Waals surface area contributed by atoms with Crippen molar-refractivity contribution in [2.45, 2.75) is 31.7 Å². The zero-order valence-electron chi connectivity index (χ0n) is 7.75. The highest BCUT2D eigenvalue weighted by Gasteiger charge is 2.38. The Kier molecular flexibility index (Phi) is 4.53. The SMILES string of the molecule is C[C@H]1C[C@H](N)C(=O)O1.O=C(O)C(F)(F)F. The minimum absolute atomic E-state index is 0.0255. The highest BCUT2D eigenvalue weighted by Crippen LogP contribution is 2.13. The van der Waals surface area contributed by atoms with Crippen LogP contribution in [0.3, 0.4) is 0 Å². The van der Waals surface area contributed by atoms with E-state index in [4.69, 9.17) is 20.4 Å². The van der Waals surface area contributed by atoms with Crippen molar-refractivity contribution < 1.29 is 32.6 Å². The van der Waals surface area contributed by atoms with Crippen LogP contribution < -0.4 is 5.73 Å². The third kappa shape index (κ3) is 5.21. The van der Waals surface area contributed by atoms with Crippen LogP contribution in [0.1, 0.15) is 13.3 Å². The van der Waals surface area contributed by atoms with E-state index in [0.717, 1.165) is 0 Å². The van der Waals surface area contributed by atoms with Gasteiger partial charge in [0.15, 0.2) is 0 Å². The van der Waals surface area contributed by atoms with Crippen molar-refractivity contribution in [3.05, 3.63) is 0 Å². The van der Waals surface area contributed by atoms with Crippen LogP contribution in [-0.2, 0) is 14.3 Å². The molecule has 0 radical (unpaired) electrons. The summed E-state index contributed by atoms with van der Waals surface area (Å²) < 4.78 is 36.4. The maximum Gasteiger partial charge on any atom is 0.490 e. The Labute approximate surface area is 83.0 Å². The monoisotopic (exact) mass is 229 g/mol. The minimum Gasteiger partial charge on any atom is -0.475 e. The number of halogens is 3. The van der Waals surface area contributed by atoms with Crippen molar-refractivity contribution in [2.24, 2.45) is 5.73 Å². The molecule has 0 aromatic rings. The molecule has 1 aliphatic heterocycles. The number of rotatable bonds is 0. The number of cyclic esters (lactones) is 1. The molecule has 5 nitrogen and oxygen atoms in total. The van der Waals surface area contributed by atoms with Crippen LogP contribution in [-0.4, -0.2) is 35.4 Å². The van der Waals surface area contributed by atoms with Gasteiger partial charge >= 0.3 is 18.1 Å². The Morgan fingerprint density at radius 1 is 1.60 bits per heavy atom. The van der Waals surface area contributed by atoms with Gasteiger partial charge in [-0.25, -0.2) is 4.79 Å². The lowest BCUT2D eigenvalue weighted by molar-refractivity contribution is -0.192. The average Bonchev–Trinajstić information content (AvgIpc) is 2.28. The number of alkyl halides is 3. The molecule has 88 valence electrons. The zero-order valence-corrected chi connectivity index (χ0v) is 7.75. The molecule has 8 heteroatoms. The summed E-state index contributed by atoms with van der Waals surface area (Å²) in [7, 11) is 0. The normalized spacial score (nSPS) is 25.3. The Hall–Kier alpha value is -1.31. The molecule has 0 amide bonds. The zero-order chi connectivity index (χ0) is 12.2. The van der Waals surface area contributed by atoms with Gasteiger partial charge in [0, 0.05) is 6.42 Å². The predicted molar refractivity (Wildman–Crippen MR) is 41.8 cm³/mol. The van der Waals surface area contributed by atoms with Gasteiger partial charge in [-0.15, -0.1) is 0 Å². The van der Waals surface area contributed by atoms with Crippen LogP contribution in [0, 0.1) is 0 Å². The van der Waals surface area contributed by atoms with Crippen LogP contribution in [0.25, 0.3) is 0 Å². The van der Waals surface area contributed by atoms with Gasteiger partial charge in [0.25, 0.3) is 0 Å². The summed E-state index contributed by atoms with van der Waals surface area (Å²) in [6, 6.07) is -0.370. The molecule has 0 aromatic heterocycles. The summed E-state index contributed by atoms with van der Waals surface area (Å²) in [5.74, 6) is -3.02. The molecular weight excluding hydrogens is 219 g/mol. The van der Waals surface area contributed by atoms with Crippen LogP contribution in [0.5, 0.6) is 0 Å². The fourth-order valence-corrected chi connectivity index (χ4v) is 0.788. The minimum atomic E-state index is -5.08.